The normalized spacial score (nSPS) is 15.4. The summed E-state index contributed by atoms with van der Waals surface area (Å²) in [6, 6.07) is 21.1. The van der Waals surface area contributed by atoms with Crippen LogP contribution in [0.15, 0.2) is 60.7 Å². The number of hydrogen-bond donors (Lipinski definition) is 0. The van der Waals surface area contributed by atoms with Crippen molar-refractivity contribution in [1.82, 2.24) is 4.90 Å². The SMILES string of the molecule is COc1ccc(Cl)cc1N1CCN(Cc2ccc3ccccc3c2)CC1. The van der Waals surface area contributed by atoms with Crippen LogP contribution in [0.5, 0.6) is 5.75 Å². The number of halogens is 1. The molecule has 134 valence electrons. The highest BCUT2D eigenvalue weighted by atomic mass is 35.5. The Labute approximate surface area is 159 Å². The second-order valence-corrected chi connectivity index (χ2v) is 7.20. The van der Waals surface area contributed by atoms with E-state index in [4.69, 9.17) is 16.3 Å². The smallest absolute Gasteiger partial charge is 0.142 e. The zero-order valence-corrected chi connectivity index (χ0v) is 15.7. The molecular formula is C22H23ClN2O. The largest absolute Gasteiger partial charge is 0.495 e. The van der Waals surface area contributed by atoms with E-state index >= 15 is 0 Å². The molecule has 26 heavy (non-hydrogen) atoms. The van der Waals surface area contributed by atoms with Crippen LogP contribution in [-0.4, -0.2) is 38.2 Å². The van der Waals surface area contributed by atoms with E-state index in [1.54, 1.807) is 7.11 Å². The number of hydrogen-bond acceptors (Lipinski definition) is 3. The van der Waals surface area contributed by atoms with Gasteiger partial charge in [0.2, 0.25) is 0 Å². The first-order valence-electron chi connectivity index (χ1n) is 9.01. The summed E-state index contributed by atoms with van der Waals surface area (Å²) in [4.78, 5) is 4.87. The van der Waals surface area contributed by atoms with Gasteiger partial charge in [-0.25, -0.2) is 0 Å². The van der Waals surface area contributed by atoms with Gasteiger partial charge in [0.1, 0.15) is 5.75 Å². The molecule has 3 nitrogen and oxygen atoms in total. The Morgan fingerprint density at radius 1 is 0.885 bits per heavy atom. The molecule has 0 saturated carbocycles. The van der Waals surface area contributed by atoms with Crippen LogP contribution in [0.1, 0.15) is 5.56 Å². The molecule has 1 aliphatic heterocycles. The number of piperazine rings is 1. The molecule has 1 fully saturated rings. The molecule has 0 atom stereocenters. The molecule has 4 rings (SSSR count). The van der Waals surface area contributed by atoms with E-state index in [2.05, 4.69) is 52.3 Å². The average Bonchev–Trinajstić information content (AvgIpc) is 2.68. The molecule has 1 heterocycles. The lowest BCUT2D eigenvalue weighted by Gasteiger charge is -2.36. The summed E-state index contributed by atoms with van der Waals surface area (Å²) in [5, 5.41) is 3.36. The highest BCUT2D eigenvalue weighted by Crippen LogP contribution is 2.32. The quantitative estimate of drug-likeness (QED) is 0.658. The molecule has 0 amide bonds. The zero-order chi connectivity index (χ0) is 17.9. The molecule has 3 aromatic carbocycles. The van der Waals surface area contributed by atoms with Crippen LogP contribution in [0.4, 0.5) is 5.69 Å². The van der Waals surface area contributed by atoms with Crippen LogP contribution in [0.25, 0.3) is 10.8 Å². The Morgan fingerprint density at radius 2 is 1.65 bits per heavy atom. The van der Waals surface area contributed by atoms with Gasteiger partial charge in [0.25, 0.3) is 0 Å². The van der Waals surface area contributed by atoms with Crippen molar-refractivity contribution in [3.63, 3.8) is 0 Å². The second-order valence-electron chi connectivity index (χ2n) is 6.76. The monoisotopic (exact) mass is 366 g/mol. The van der Waals surface area contributed by atoms with Gasteiger partial charge in [-0.2, -0.15) is 0 Å². The van der Waals surface area contributed by atoms with Gasteiger partial charge < -0.3 is 9.64 Å². The van der Waals surface area contributed by atoms with Gasteiger partial charge in [0.05, 0.1) is 12.8 Å². The predicted molar refractivity (Wildman–Crippen MR) is 109 cm³/mol. The summed E-state index contributed by atoms with van der Waals surface area (Å²) in [7, 11) is 1.71. The minimum Gasteiger partial charge on any atom is -0.495 e. The molecule has 1 aliphatic rings. The average molecular weight is 367 g/mol. The molecule has 0 radical (unpaired) electrons. The van der Waals surface area contributed by atoms with E-state index in [-0.39, 0.29) is 0 Å². The van der Waals surface area contributed by atoms with Crippen molar-refractivity contribution in [3.8, 4) is 5.75 Å². The van der Waals surface area contributed by atoms with Gasteiger partial charge in [0, 0.05) is 37.7 Å². The fraction of sp³-hybridized carbons (Fsp3) is 0.273. The third kappa shape index (κ3) is 3.64. The van der Waals surface area contributed by atoms with Crippen molar-refractivity contribution >= 4 is 28.1 Å². The van der Waals surface area contributed by atoms with Gasteiger partial charge in [-0.1, -0.05) is 48.0 Å². The van der Waals surface area contributed by atoms with Gasteiger partial charge >= 0.3 is 0 Å². The lowest BCUT2D eigenvalue weighted by Crippen LogP contribution is -2.46. The van der Waals surface area contributed by atoms with Crippen LogP contribution in [0.2, 0.25) is 5.02 Å². The number of rotatable bonds is 4. The summed E-state index contributed by atoms with van der Waals surface area (Å²) >= 11 is 6.18. The lowest BCUT2D eigenvalue weighted by molar-refractivity contribution is 0.249. The Morgan fingerprint density at radius 3 is 2.42 bits per heavy atom. The Bertz CT molecular complexity index is 904. The topological polar surface area (TPSA) is 15.7 Å². The van der Waals surface area contributed by atoms with Crippen molar-refractivity contribution in [3.05, 3.63) is 71.2 Å². The van der Waals surface area contributed by atoms with E-state index in [0.29, 0.717) is 0 Å². The first-order chi connectivity index (χ1) is 12.7. The maximum Gasteiger partial charge on any atom is 0.142 e. The van der Waals surface area contributed by atoms with Crippen molar-refractivity contribution in [2.24, 2.45) is 0 Å². The fourth-order valence-corrected chi connectivity index (χ4v) is 3.82. The summed E-state index contributed by atoms with van der Waals surface area (Å²) in [6.07, 6.45) is 0. The summed E-state index contributed by atoms with van der Waals surface area (Å²) in [5.74, 6) is 0.886. The Balaban J connectivity index is 1.42. The standard InChI is InChI=1S/C22H23ClN2O/c1-26-22-9-8-20(23)15-21(22)25-12-10-24(11-13-25)16-17-6-7-18-4-2-3-5-19(18)14-17/h2-9,14-15H,10-13,16H2,1H3. The van der Waals surface area contributed by atoms with E-state index < -0.39 is 0 Å². The molecule has 0 aliphatic carbocycles. The number of methoxy groups -OCH3 is 1. The first-order valence-corrected chi connectivity index (χ1v) is 9.39. The summed E-state index contributed by atoms with van der Waals surface area (Å²) in [6.45, 7) is 5.00. The molecule has 3 aromatic rings. The van der Waals surface area contributed by atoms with Gasteiger partial charge in [-0.15, -0.1) is 0 Å². The predicted octanol–water partition coefficient (Wildman–Crippen LogP) is 4.82. The molecule has 0 bridgehead atoms. The Kier molecular flexibility index (Phi) is 5.00. The Hall–Kier alpha value is -2.23. The molecule has 1 saturated heterocycles. The van der Waals surface area contributed by atoms with E-state index in [9.17, 15) is 0 Å². The van der Waals surface area contributed by atoms with Crippen molar-refractivity contribution < 1.29 is 4.74 Å². The van der Waals surface area contributed by atoms with E-state index in [1.165, 1.54) is 16.3 Å². The van der Waals surface area contributed by atoms with Crippen LogP contribution in [0.3, 0.4) is 0 Å². The second kappa shape index (κ2) is 7.56. The minimum absolute atomic E-state index is 0.749. The maximum atomic E-state index is 6.18. The van der Waals surface area contributed by atoms with E-state index in [0.717, 1.165) is 49.2 Å². The lowest BCUT2D eigenvalue weighted by atomic mass is 10.1. The first kappa shape index (κ1) is 17.2. The molecule has 0 spiro atoms. The highest BCUT2D eigenvalue weighted by molar-refractivity contribution is 6.30. The highest BCUT2D eigenvalue weighted by Gasteiger charge is 2.20. The number of ether oxygens (including phenoxy) is 1. The van der Waals surface area contributed by atoms with Gasteiger partial charge in [-0.05, 0) is 40.6 Å². The van der Waals surface area contributed by atoms with Crippen LogP contribution in [-0.2, 0) is 6.54 Å². The third-order valence-electron chi connectivity index (χ3n) is 5.07. The van der Waals surface area contributed by atoms with Crippen LogP contribution >= 0.6 is 11.6 Å². The van der Waals surface area contributed by atoms with Crippen molar-refractivity contribution in [1.29, 1.82) is 0 Å². The zero-order valence-electron chi connectivity index (χ0n) is 15.0. The number of fused-ring (bicyclic) bond motifs is 1. The maximum absolute atomic E-state index is 6.18. The van der Waals surface area contributed by atoms with Crippen molar-refractivity contribution in [2.75, 3.05) is 38.2 Å². The van der Waals surface area contributed by atoms with Gasteiger partial charge in [-0.3, -0.25) is 4.90 Å². The molecular weight excluding hydrogens is 344 g/mol. The number of benzene rings is 3. The molecule has 0 unspecified atom stereocenters. The summed E-state index contributed by atoms with van der Waals surface area (Å²) < 4.78 is 5.50. The molecule has 0 N–H and O–H groups in total. The summed E-state index contributed by atoms with van der Waals surface area (Å²) in [5.41, 5.74) is 2.46. The molecule has 4 heteroatoms. The van der Waals surface area contributed by atoms with Gasteiger partial charge in [0.15, 0.2) is 0 Å². The fourth-order valence-electron chi connectivity index (χ4n) is 3.65. The number of nitrogens with zero attached hydrogens (tertiary/aromatic N) is 2. The van der Waals surface area contributed by atoms with Crippen molar-refractivity contribution in [2.45, 2.75) is 6.54 Å². The molecule has 0 aromatic heterocycles. The number of anilines is 1. The van der Waals surface area contributed by atoms with Crippen LogP contribution in [0, 0.1) is 0 Å². The van der Waals surface area contributed by atoms with Crippen LogP contribution < -0.4 is 9.64 Å². The van der Waals surface area contributed by atoms with E-state index in [1.807, 2.05) is 18.2 Å². The third-order valence-corrected chi connectivity index (χ3v) is 5.31. The minimum atomic E-state index is 0.749.